The topological polar surface area (TPSA) is 20.2 Å². The van der Waals surface area contributed by atoms with Crippen molar-refractivity contribution < 1.29 is 5.11 Å². The van der Waals surface area contributed by atoms with Crippen LogP contribution in [-0.2, 0) is 0 Å². The van der Waals surface area contributed by atoms with E-state index in [4.69, 9.17) is 0 Å². The number of hydrogen-bond donors (Lipinski definition) is 1. The molecule has 1 aromatic heterocycles. The van der Waals surface area contributed by atoms with Gasteiger partial charge in [0.15, 0.2) is 0 Å². The van der Waals surface area contributed by atoms with Crippen LogP contribution in [0.2, 0.25) is 0 Å². The molecule has 0 aromatic carbocycles. The largest absolute Gasteiger partial charge is 0.393 e. The van der Waals surface area contributed by atoms with Crippen molar-refractivity contribution in [3.8, 4) is 0 Å². The summed E-state index contributed by atoms with van der Waals surface area (Å²) in [5.74, 6) is 2.05. The highest BCUT2D eigenvalue weighted by Gasteiger charge is 2.32. The van der Waals surface area contributed by atoms with Gasteiger partial charge in [0.05, 0.1) is 6.10 Å². The maximum absolute atomic E-state index is 10.5. The second-order valence-corrected chi connectivity index (χ2v) is 7.45. The molecule has 1 heterocycles. The molecule has 0 saturated heterocycles. The number of aliphatic hydroxyl groups is 1. The molecule has 2 rings (SSSR count). The molecule has 1 aliphatic rings. The molecule has 20 heavy (non-hydrogen) atoms. The highest BCUT2D eigenvalue weighted by Crippen LogP contribution is 2.41. The third-order valence-corrected chi connectivity index (χ3v) is 6.27. The fraction of sp³-hybridized carbons (Fsp3) is 0.667. The quantitative estimate of drug-likeness (QED) is 0.762. The summed E-state index contributed by atoms with van der Waals surface area (Å²) >= 11 is 1.84. The molecule has 0 saturated carbocycles. The lowest BCUT2D eigenvalue weighted by Gasteiger charge is -2.32. The fourth-order valence-corrected chi connectivity index (χ4v) is 4.08. The van der Waals surface area contributed by atoms with Crippen LogP contribution in [0.1, 0.15) is 51.8 Å². The first kappa shape index (κ1) is 15.8. The summed E-state index contributed by atoms with van der Waals surface area (Å²) in [6, 6.07) is 4.36. The van der Waals surface area contributed by atoms with E-state index < -0.39 is 0 Å². The van der Waals surface area contributed by atoms with Crippen molar-refractivity contribution in [2.75, 3.05) is 0 Å². The van der Waals surface area contributed by atoms with Crippen LogP contribution in [0.4, 0.5) is 0 Å². The lowest BCUT2D eigenvalue weighted by atomic mass is 9.76. The van der Waals surface area contributed by atoms with Crippen molar-refractivity contribution in [2.24, 2.45) is 23.7 Å². The van der Waals surface area contributed by atoms with E-state index >= 15 is 0 Å². The van der Waals surface area contributed by atoms with Crippen LogP contribution in [0.15, 0.2) is 23.6 Å². The van der Waals surface area contributed by atoms with Gasteiger partial charge in [-0.15, -0.1) is 11.3 Å². The Morgan fingerprint density at radius 3 is 2.70 bits per heavy atom. The van der Waals surface area contributed by atoms with E-state index in [1.165, 1.54) is 23.3 Å². The van der Waals surface area contributed by atoms with Gasteiger partial charge in [0.1, 0.15) is 0 Å². The van der Waals surface area contributed by atoms with Crippen LogP contribution >= 0.6 is 11.3 Å². The molecule has 0 aliphatic heterocycles. The van der Waals surface area contributed by atoms with Crippen molar-refractivity contribution in [3.05, 3.63) is 28.5 Å². The van der Waals surface area contributed by atoms with Gasteiger partial charge in [0.2, 0.25) is 0 Å². The van der Waals surface area contributed by atoms with Crippen LogP contribution in [0.25, 0.3) is 5.57 Å². The molecule has 0 amide bonds. The van der Waals surface area contributed by atoms with Gasteiger partial charge >= 0.3 is 0 Å². The molecule has 1 N–H and O–H groups in total. The standard InChI is InChI=1S/C18H28OS/c1-5-12(2)18(19)14(4)13(3)15-8-9-16(11-15)17-7-6-10-20-17/h6-7,9-10,12-15,18-19H,5,8,11H2,1-4H3/t12-,13?,14-,15-,18-/m1/s1. The third kappa shape index (κ3) is 3.35. The Labute approximate surface area is 127 Å². The lowest BCUT2D eigenvalue weighted by molar-refractivity contribution is 0.0271. The maximum atomic E-state index is 10.5. The molecule has 0 radical (unpaired) electrons. The van der Waals surface area contributed by atoms with Crippen LogP contribution in [-0.4, -0.2) is 11.2 Å². The van der Waals surface area contributed by atoms with Gasteiger partial charge in [0.25, 0.3) is 0 Å². The summed E-state index contributed by atoms with van der Waals surface area (Å²) in [5.41, 5.74) is 1.52. The Hall–Kier alpha value is -0.600. The van der Waals surface area contributed by atoms with Gasteiger partial charge in [-0.2, -0.15) is 0 Å². The highest BCUT2D eigenvalue weighted by molar-refractivity contribution is 7.11. The minimum Gasteiger partial charge on any atom is -0.393 e. The smallest absolute Gasteiger partial charge is 0.0593 e. The summed E-state index contributed by atoms with van der Waals surface area (Å²) in [4.78, 5) is 1.43. The molecule has 2 heteroatoms. The van der Waals surface area contributed by atoms with E-state index in [1.54, 1.807) is 0 Å². The predicted molar refractivity (Wildman–Crippen MR) is 88.8 cm³/mol. The number of rotatable bonds is 6. The van der Waals surface area contributed by atoms with Gasteiger partial charge in [-0.25, -0.2) is 0 Å². The number of allylic oxidation sites excluding steroid dienone is 2. The van der Waals surface area contributed by atoms with E-state index in [0.717, 1.165) is 6.42 Å². The Kier molecular flexibility index (Phi) is 5.45. The first-order chi connectivity index (χ1) is 9.54. The molecule has 1 nitrogen and oxygen atoms in total. The SMILES string of the molecule is CC[C@@H](C)[C@@H](O)[C@H](C)C(C)[C@@H]1CC=C(c2cccs2)C1. The van der Waals surface area contributed by atoms with E-state index in [1.807, 2.05) is 11.3 Å². The number of thiophene rings is 1. The average Bonchev–Trinajstić information content (AvgIpc) is 3.13. The van der Waals surface area contributed by atoms with Crippen LogP contribution in [0, 0.1) is 23.7 Å². The van der Waals surface area contributed by atoms with Crippen LogP contribution < -0.4 is 0 Å². The summed E-state index contributed by atoms with van der Waals surface area (Å²) < 4.78 is 0. The van der Waals surface area contributed by atoms with Crippen molar-refractivity contribution in [1.82, 2.24) is 0 Å². The molecular weight excluding hydrogens is 264 g/mol. The van der Waals surface area contributed by atoms with Crippen molar-refractivity contribution in [3.63, 3.8) is 0 Å². The minimum absolute atomic E-state index is 0.166. The first-order valence-electron chi connectivity index (χ1n) is 7.95. The van der Waals surface area contributed by atoms with Gasteiger partial charge in [0, 0.05) is 4.88 Å². The van der Waals surface area contributed by atoms with E-state index in [0.29, 0.717) is 23.7 Å². The Bertz CT molecular complexity index is 434. The van der Waals surface area contributed by atoms with Gasteiger partial charge in [-0.3, -0.25) is 0 Å². The molecule has 0 bridgehead atoms. The summed E-state index contributed by atoms with van der Waals surface area (Å²) in [6.07, 6.45) is 5.66. The monoisotopic (exact) mass is 292 g/mol. The van der Waals surface area contributed by atoms with E-state index in [2.05, 4.69) is 51.3 Å². The van der Waals surface area contributed by atoms with Crippen molar-refractivity contribution in [1.29, 1.82) is 0 Å². The molecule has 1 aromatic rings. The van der Waals surface area contributed by atoms with E-state index in [9.17, 15) is 5.11 Å². The summed E-state index contributed by atoms with van der Waals surface area (Å²) in [7, 11) is 0. The average molecular weight is 292 g/mol. The fourth-order valence-electron chi connectivity index (χ4n) is 3.31. The van der Waals surface area contributed by atoms with Crippen LogP contribution in [0.5, 0.6) is 0 Å². The summed E-state index contributed by atoms with van der Waals surface area (Å²) in [6.45, 7) is 8.88. The zero-order chi connectivity index (χ0) is 14.7. The van der Waals surface area contributed by atoms with Crippen LogP contribution in [0.3, 0.4) is 0 Å². The maximum Gasteiger partial charge on any atom is 0.0593 e. The minimum atomic E-state index is -0.166. The molecule has 1 aliphatic carbocycles. The zero-order valence-corrected chi connectivity index (χ0v) is 14.0. The summed E-state index contributed by atoms with van der Waals surface area (Å²) in [5, 5.41) is 12.6. The second-order valence-electron chi connectivity index (χ2n) is 6.50. The molecule has 5 atom stereocenters. The Morgan fingerprint density at radius 1 is 1.35 bits per heavy atom. The molecular formula is C18H28OS. The molecule has 0 spiro atoms. The number of hydrogen-bond acceptors (Lipinski definition) is 2. The van der Waals surface area contributed by atoms with Crippen molar-refractivity contribution in [2.45, 2.75) is 53.1 Å². The molecule has 0 fully saturated rings. The first-order valence-corrected chi connectivity index (χ1v) is 8.83. The zero-order valence-electron chi connectivity index (χ0n) is 13.2. The van der Waals surface area contributed by atoms with E-state index in [-0.39, 0.29) is 6.10 Å². The predicted octanol–water partition coefficient (Wildman–Crippen LogP) is 5.22. The second kappa shape index (κ2) is 6.91. The molecule has 1 unspecified atom stereocenters. The number of aliphatic hydroxyl groups excluding tert-OH is 1. The Balaban J connectivity index is 1.94. The lowest BCUT2D eigenvalue weighted by Crippen LogP contribution is -2.32. The van der Waals surface area contributed by atoms with Gasteiger partial charge in [-0.1, -0.05) is 46.3 Å². The van der Waals surface area contributed by atoms with Gasteiger partial charge in [-0.05, 0) is 53.5 Å². The van der Waals surface area contributed by atoms with Crippen molar-refractivity contribution >= 4 is 16.9 Å². The Morgan fingerprint density at radius 2 is 2.10 bits per heavy atom. The molecule has 112 valence electrons. The van der Waals surface area contributed by atoms with Gasteiger partial charge < -0.3 is 5.11 Å². The normalized spacial score (nSPS) is 25.1. The highest BCUT2D eigenvalue weighted by atomic mass is 32.1. The third-order valence-electron chi connectivity index (χ3n) is 5.33.